The molecule has 2 heterocycles. The van der Waals surface area contributed by atoms with E-state index in [9.17, 15) is 0 Å². The predicted molar refractivity (Wildman–Crippen MR) is 91.2 cm³/mol. The first-order valence-corrected chi connectivity index (χ1v) is 8.05. The summed E-state index contributed by atoms with van der Waals surface area (Å²) in [5.74, 6) is 0.881. The van der Waals surface area contributed by atoms with E-state index in [4.69, 9.17) is 21.1 Å². The van der Waals surface area contributed by atoms with Crippen molar-refractivity contribution >= 4 is 17.2 Å². The van der Waals surface area contributed by atoms with Crippen LogP contribution in [0.5, 0.6) is 5.75 Å². The molecule has 0 spiro atoms. The normalized spacial score (nSPS) is 11.0. The summed E-state index contributed by atoms with van der Waals surface area (Å²) in [6, 6.07) is 11.9. The number of nitrogens with zero attached hydrogens (tertiary/aromatic N) is 2. The molecule has 0 unspecified atom stereocenters. The lowest BCUT2D eigenvalue weighted by molar-refractivity contribution is 0.150. The summed E-state index contributed by atoms with van der Waals surface area (Å²) in [4.78, 5) is 4.27. The summed E-state index contributed by atoms with van der Waals surface area (Å²) in [6.45, 7) is 3.88. The number of para-hydroxylation sites is 1. The molecular weight excluding hydrogens is 312 g/mol. The van der Waals surface area contributed by atoms with Gasteiger partial charge in [0.1, 0.15) is 23.2 Å². The quantitative estimate of drug-likeness (QED) is 0.482. The summed E-state index contributed by atoms with van der Waals surface area (Å²) >= 11 is 6.25. The van der Waals surface area contributed by atoms with Crippen LogP contribution in [0, 0.1) is 0 Å². The van der Waals surface area contributed by atoms with Gasteiger partial charge in [0.2, 0.25) is 0 Å². The summed E-state index contributed by atoms with van der Waals surface area (Å²) in [5, 5.41) is 0.628. The van der Waals surface area contributed by atoms with Crippen molar-refractivity contribution in [2.24, 2.45) is 0 Å². The van der Waals surface area contributed by atoms with Crippen LogP contribution >= 0.6 is 11.6 Å². The Hall–Kier alpha value is -2.04. The molecule has 2 aromatic heterocycles. The van der Waals surface area contributed by atoms with E-state index >= 15 is 0 Å². The van der Waals surface area contributed by atoms with Gasteiger partial charge in [-0.05, 0) is 42.7 Å². The molecule has 23 heavy (non-hydrogen) atoms. The molecule has 0 saturated carbocycles. The van der Waals surface area contributed by atoms with Crippen molar-refractivity contribution < 1.29 is 9.47 Å². The van der Waals surface area contributed by atoms with E-state index < -0.39 is 0 Å². The van der Waals surface area contributed by atoms with E-state index in [0.717, 1.165) is 35.6 Å². The fourth-order valence-electron chi connectivity index (χ4n) is 2.45. The number of benzene rings is 1. The van der Waals surface area contributed by atoms with Crippen molar-refractivity contribution in [1.82, 2.24) is 9.38 Å². The maximum Gasteiger partial charge on any atom is 0.138 e. The van der Waals surface area contributed by atoms with Crippen LogP contribution in [0.3, 0.4) is 0 Å². The highest BCUT2D eigenvalue weighted by Gasteiger charge is 2.06. The van der Waals surface area contributed by atoms with Gasteiger partial charge in [0.05, 0.1) is 6.61 Å². The lowest BCUT2D eigenvalue weighted by atomic mass is 10.1. The minimum atomic E-state index is 0.453. The van der Waals surface area contributed by atoms with Gasteiger partial charge in [-0.2, -0.15) is 0 Å². The topological polar surface area (TPSA) is 35.8 Å². The molecule has 120 valence electrons. The van der Waals surface area contributed by atoms with Gasteiger partial charge in [-0.1, -0.05) is 29.8 Å². The lowest BCUT2D eigenvalue weighted by Gasteiger charge is -2.12. The van der Waals surface area contributed by atoms with Gasteiger partial charge in [0.25, 0.3) is 0 Å². The number of fused-ring (bicyclic) bond motifs is 1. The molecule has 0 bridgehead atoms. The van der Waals surface area contributed by atoms with Crippen molar-refractivity contribution in [3.8, 4) is 5.75 Å². The molecule has 0 aliphatic rings. The number of pyridine rings is 1. The molecule has 1 aromatic carbocycles. The minimum Gasteiger partial charge on any atom is -0.489 e. The smallest absolute Gasteiger partial charge is 0.138 e. The molecule has 0 aliphatic carbocycles. The molecule has 0 saturated heterocycles. The van der Waals surface area contributed by atoms with Crippen molar-refractivity contribution in [2.45, 2.75) is 20.0 Å². The third-order valence-electron chi connectivity index (χ3n) is 3.61. The zero-order chi connectivity index (χ0) is 16.1. The molecule has 0 radical (unpaired) electrons. The van der Waals surface area contributed by atoms with Crippen LogP contribution in [-0.2, 0) is 17.8 Å². The van der Waals surface area contributed by atoms with Crippen LogP contribution in [0.1, 0.15) is 18.1 Å². The Morgan fingerprint density at radius 3 is 2.96 bits per heavy atom. The van der Waals surface area contributed by atoms with Crippen LogP contribution in [0.25, 0.3) is 5.65 Å². The average Bonchev–Trinajstić information content (AvgIpc) is 3.03. The van der Waals surface area contributed by atoms with Gasteiger partial charge in [-0.25, -0.2) is 4.98 Å². The second-order valence-electron chi connectivity index (χ2n) is 5.19. The Morgan fingerprint density at radius 2 is 2.09 bits per heavy atom. The largest absolute Gasteiger partial charge is 0.489 e. The molecule has 4 nitrogen and oxygen atoms in total. The third-order valence-corrected chi connectivity index (χ3v) is 3.90. The van der Waals surface area contributed by atoms with E-state index in [1.165, 1.54) is 0 Å². The van der Waals surface area contributed by atoms with E-state index in [0.29, 0.717) is 18.4 Å². The maximum atomic E-state index is 6.25. The second kappa shape index (κ2) is 7.49. The standard InChI is InChI=1S/C18H19ClN2O2/c1-2-22-10-7-15-5-3-4-6-16(15)23-13-14-11-17(19)21-9-8-20-18(21)12-14/h3-6,8-9,11-12H,2,7,10,13H2,1H3. The Morgan fingerprint density at radius 1 is 1.22 bits per heavy atom. The van der Waals surface area contributed by atoms with Crippen LogP contribution < -0.4 is 4.74 Å². The highest BCUT2D eigenvalue weighted by molar-refractivity contribution is 6.29. The number of aromatic nitrogens is 2. The maximum absolute atomic E-state index is 6.25. The first kappa shape index (κ1) is 15.8. The second-order valence-corrected chi connectivity index (χ2v) is 5.57. The molecule has 0 amide bonds. The highest BCUT2D eigenvalue weighted by Crippen LogP contribution is 2.21. The number of ether oxygens (including phenoxy) is 2. The summed E-state index contributed by atoms with van der Waals surface area (Å²) in [5.41, 5.74) is 2.96. The Bertz CT molecular complexity index is 786. The van der Waals surface area contributed by atoms with Gasteiger partial charge >= 0.3 is 0 Å². The molecule has 5 heteroatoms. The molecule has 0 fully saturated rings. The average molecular weight is 331 g/mol. The van der Waals surface area contributed by atoms with Crippen LogP contribution in [0.4, 0.5) is 0 Å². The fourth-order valence-corrected chi connectivity index (χ4v) is 2.74. The van der Waals surface area contributed by atoms with Crippen molar-refractivity contribution in [3.05, 3.63) is 65.1 Å². The zero-order valence-electron chi connectivity index (χ0n) is 13.0. The molecular formula is C18H19ClN2O2. The Kier molecular flexibility index (Phi) is 5.16. The number of rotatable bonds is 7. The van der Waals surface area contributed by atoms with Crippen molar-refractivity contribution in [2.75, 3.05) is 13.2 Å². The van der Waals surface area contributed by atoms with Crippen LogP contribution in [0.2, 0.25) is 5.15 Å². The van der Waals surface area contributed by atoms with Crippen molar-refractivity contribution in [3.63, 3.8) is 0 Å². The Labute approximate surface area is 140 Å². The lowest BCUT2D eigenvalue weighted by Crippen LogP contribution is -2.03. The van der Waals surface area contributed by atoms with Crippen molar-refractivity contribution in [1.29, 1.82) is 0 Å². The predicted octanol–water partition coefficient (Wildman–Crippen LogP) is 4.15. The number of imidazole rings is 1. The van der Waals surface area contributed by atoms with Crippen LogP contribution in [0.15, 0.2) is 48.8 Å². The monoisotopic (exact) mass is 330 g/mol. The zero-order valence-corrected chi connectivity index (χ0v) is 13.8. The molecule has 3 aromatic rings. The molecule has 0 N–H and O–H groups in total. The number of hydrogen-bond donors (Lipinski definition) is 0. The minimum absolute atomic E-state index is 0.453. The SMILES string of the molecule is CCOCCc1ccccc1OCc1cc(Cl)n2ccnc2c1. The molecule has 3 rings (SSSR count). The molecule has 0 atom stereocenters. The fraction of sp³-hybridized carbons (Fsp3) is 0.278. The highest BCUT2D eigenvalue weighted by atomic mass is 35.5. The van der Waals surface area contributed by atoms with E-state index in [1.54, 1.807) is 6.20 Å². The Balaban J connectivity index is 1.71. The van der Waals surface area contributed by atoms with Gasteiger partial charge in [-0.15, -0.1) is 0 Å². The summed E-state index contributed by atoms with van der Waals surface area (Å²) in [7, 11) is 0. The molecule has 0 aliphatic heterocycles. The number of hydrogen-bond acceptors (Lipinski definition) is 3. The van der Waals surface area contributed by atoms with Gasteiger partial charge in [0.15, 0.2) is 0 Å². The van der Waals surface area contributed by atoms with E-state index in [-0.39, 0.29) is 0 Å². The van der Waals surface area contributed by atoms with E-state index in [2.05, 4.69) is 11.1 Å². The van der Waals surface area contributed by atoms with Gasteiger partial charge in [0, 0.05) is 19.0 Å². The first-order valence-electron chi connectivity index (χ1n) is 7.68. The summed E-state index contributed by atoms with van der Waals surface area (Å²) in [6.07, 6.45) is 4.41. The summed E-state index contributed by atoms with van der Waals surface area (Å²) < 4.78 is 13.2. The van der Waals surface area contributed by atoms with Gasteiger partial charge < -0.3 is 9.47 Å². The number of halogens is 1. The first-order chi connectivity index (χ1) is 11.3. The third kappa shape index (κ3) is 3.84. The van der Waals surface area contributed by atoms with E-state index in [1.807, 2.05) is 47.9 Å². The van der Waals surface area contributed by atoms with Gasteiger partial charge in [-0.3, -0.25) is 4.40 Å². The van der Waals surface area contributed by atoms with Crippen LogP contribution in [-0.4, -0.2) is 22.6 Å².